The molecular weight excluding hydrogens is 362 g/mol. The number of para-hydroxylation sites is 3. The van der Waals surface area contributed by atoms with E-state index in [1.54, 1.807) is 0 Å². The van der Waals surface area contributed by atoms with Crippen molar-refractivity contribution < 1.29 is 9.53 Å². The molecule has 0 saturated carbocycles. The Labute approximate surface area is 173 Å². The standard InChI is InChI=1S/C24H31N3O2/c1-4-10-23(28)25-17-22-26-20-13-5-6-14-21(20)27(22)15-7-8-16-29-24-18(2)11-9-12-19(24)3/h5-6,9,11-14H,4,7-8,10,15-17H2,1-3H3,(H,25,28). The summed E-state index contributed by atoms with van der Waals surface area (Å²) in [7, 11) is 0. The van der Waals surface area contributed by atoms with Crippen LogP contribution in [-0.2, 0) is 17.9 Å². The average molecular weight is 394 g/mol. The number of amides is 1. The minimum atomic E-state index is 0.0770. The molecule has 3 aromatic rings. The third-order valence-electron chi connectivity index (χ3n) is 5.09. The number of hydrogen-bond donors (Lipinski definition) is 1. The normalized spacial score (nSPS) is 11.0. The van der Waals surface area contributed by atoms with Crippen LogP contribution in [0.25, 0.3) is 11.0 Å². The number of ether oxygens (including phenoxy) is 1. The topological polar surface area (TPSA) is 56.2 Å². The number of carbonyl (C=O) groups is 1. The Morgan fingerprint density at radius 3 is 2.59 bits per heavy atom. The maximum atomic E-state index is 11.9. The number of nitrogens with zero attached hydrogens (tertiary/aromatic N) is 2. The van der Waals surface area contributed by atoms with E-state index >= 15 is 0 Å². The van der Waals surface area contributed by atoms with Crippen LogP contribution in [0.5, 0.6) is 5.75 Å². The molecule has 5 nitrogen and oxygen atoms in total. The highest BCUT2D eigenvalue weighted by Crippen LogP contribution is 2.23. The predicted octanol–water partition coefficient (Wildman–Crippen LogP) is 4.93. The van der Waals surface area contributed by atoms with Gasteiger partial charge in [0.05, 0.1) is 24.2 Å². The monoisotopic (exact) mass is 393 g/mol. The molecule has 5 heteroatoms. The van der Waals surface area contributed by atoms with Crippen LogP contribution in [0.15, 0.2) is 42.5 Å². The van der Waals surface area contributed by atoms with Gasteiger partial charge < -0.3 is 14.6 Å². The molecule has 1 aromatic heterocycles. The highest BCUT2D eigenvalue weighted by Gasteiger charge is 2.11. The lowest BCUT2D eigenvalue weighted by molar-refractivity contribution is -0.121. The summed E-state index contributed by atoms with van der Waals surface area (Å²) >= 11 is 0. The first kappa shape index (κ1) is 20.9. The molecule has 0 bridgehead atoms. The number of nitrogens with one attached hydrogen (secondary N) is 1. The molecule has 0 aliphatic rings. The first-order valence-corrected chi connectivity index (χ1v) is 10.5. The summed E-state index contributed by atoms with van der Waals surface area (Å²) in [4.78, 5) is 16.6. The Morgan fingerprint density at radius 1 is 1.07 bits per heavy atom. The van der Waals surface area contributed by atoms with Gasteiger partial charge in [0, 0.05) is 13.0 Å². The van der Waals surface area contributed by atoms with E-state index in [-0.39, 0.29) is 5.91 Å². The van der Waals surface area contributed by atoms with Gasteiger partial charge in [0.15, 0.2) is 0 Å². The summed E-state index contributed by atoms with van der Waals surface area (Å²) in [5, 5.41) is 2.99. The molecule has 1 amide bonds. The minimum absolute atomic E-state index is 0.0770. The third kappa shape index (κ3) is 5.37. The van der Waals surface area contributed by atoms with Crippen molar-refractivity contribution in [2.24, 2.45) is 0 Å². The first-order valence-electron chi connectivity index (χ1n) is 10.5. The van der Waals surface area contributed by atoms with Gasteiger partial charge >= 0.3 is 0 Å². The van der Waals surface area contributed by atoms with Gasteiger partial charge in [-0.1, -0.05) is 37.3 Å². The molecular formula is C24H31N3O2. The molecule has 2 aromatic carbocycles. The van der Waals surface area contributed by atoms with Crippen molar-refractivity contribution in [1.29, 1.82) is 0 Å². The summed E-state index contributed by atoms with van der Waals surface area (Å²) in [5.41, 5.74) is 4.44. The van der Waals surface area contributed by atoms with Gasteiger partial charge in [-0.3, -0.25) is 4.79 Å². The van der Waals surface area contributed by atoms with Crippen molar-refractivity contribution in [2.45, 2.75) is 59.5 Å². The van der Waals surface area contributed by atoms with Crippen LogP contribution in [-0.4, -0.2) is 22.1 Å². The van der Waals surface area contributed by atoms with Crippen LogP contribution < -0.4 is 10.1 Å². The predicted molar refractivity (Wildman–Crippen MR) is 117 cm³/mol. The maximum Gasteiger partial charge on any atom is 0.220 e. The Kier molecular flexibility index (Phi) is 7.28. The van der Waals surface area contributed by atoms with E-state index in [4.69, 9.17) is 9.72 Å². The molecule has 0 saturated heterocycles. The van der Waals surface area contributed by atoms with Crippen LogP contribution in [0.3, 0.4) is 0 Å². The van der Waals surface area contributed by atoms with E-state index in [9.17, 15) is 4.79 Å². The number of carbonyl (C=O) groups excluding carboxylic acids is 1. The van der Waals surface area contributed by atoms with Crippen LogP contribution in [0.1, 0.15) is 49.6 Å². The second kappa shape index (κ2) is 10.1. The Balaban J connectivity index is 1.60. The molecule has 0 aliphatic heterocycles. The summed E-state index contributed by atoms with van der Waals surface area (Å²) in [6.45, 7) is 8.19. The minimum Gasteiger partial charge on any atom is -0.493 e. The van der Waals surface area contributed by atoms with Crippen LogP contribution in [0.2, 0.25) is 0 Å². The molecule has 0 spiro atoms. The molecule has 0 aliphatic carbocycles. The number of fused-ring (bicyclic) bond motifs is 1. The molecule has 154 valence electrons. The molecule has 0 atom stereocenters. The average Bonchev–Trinajstić information content (AvgIpc) is 3.06. The van der Waals surface area contributed by atoms with Gasteiger partial charge in [-0.15, -0.1) is 0 Å². The van der Waals surface area contributed by atoms with Crippen LogP contribution in [0, 0.1) is 13.8 Å². The van der Waals surface area contributed by atoms with Gasteiger partial charge in [0.25, 0.3) is 0 Å². The van der Waals surface area contributed by atoms with Crippen molar-refractivity contribution in [3.8, 4) is 5.75 Å². The first-order chi connectivity index (χ1) is 14.1. The summed E-state index contributed by atoms with van der Waals surface area (Å²) < 4.78 is 8.25. The molecule has 29 heavy (non-hydrogen) atoms. The van der Waals surface area contributed by atoms with E-state index in [0.717, 1.165) is 48.4 Å². The zero-order valence-corrected chi connectivity index (χ0v) is 17.7. The summed E-state index contributed by atoms with van der Waals surface area (Å²) in [5.74, 6) is 1.99. The molecule has 1 heterocycles. The lowest BCUT2D eigenvalue weighted by atomic mass is 10.1. The number of hydrogen-bond acceptors (Lipinski definition) is 3. The fourth-order valence-electron chi connectivity index (χ4n) is 3.58. The van der Waals surface area contributed by atoms with E-state index in [1.807, 2.05) is 25.1 Å². The molecule has 3 rings (SSSR count). The number of rotatable bonds is 10. The van der Waals surface area contributed by atoms with Gasteiger partial charge in [-0.2, -0.15) is 0 Å². The Bertz CT molecular complexity index is 942. The molecule has 0 unspecified atom stereocenters. The lowest BCUT2D eigenvalue weighted by Gasteiger charge is -2.13. The highest BCUT2D eigenvalue weighted by atomic mass is 16.5. The largest absolute Gasteiger partial charge is 0.493 e. The maximum absolute atomic E-state index is 11.9. The third-order valence-corrected chi connectivity index (χ3v) is 5.09. The summed E-state index contributed by atoms with van der Waals surface area (Å²) in [6, 6.07) is 14.4. The van der Waals surface area contributed by atoms with E-state index in [1.165, 1.54) is 11.1 Å². The fraction of sp³-hybridized carbons (Fsp3) is 0.417. The SMILES string of the molecule is CCCC(=O)NCc1nc2ccccc2n1CCCCOc1c(C)cccc1C. The number of benzene rings is 2. The van der Waals surface area contributed by atoms with E-state index in [0.29, 0.717) is 19.6 Å². The zero-order chi connectivity index (χ0) is 20.6. The Hall–Kier alpha value is -2.82. The van der Waals surface area contributed by atoms with Crippen molar-refractivity contribution >= 4 is 16.9 Å². The smallest absolute Gasteiger partial charge is 0.220 e. The van der Waals surface area contributed by atoms with Crippen molar-refractivity contribution in [3.63, 3.8) is 0 Å². The van der Waals surface area contributed by atoms with E-state index < -0.39 is 0 Å². The van der Waals surface area contributed by atoms with Crippen molar-refractivity contribution in [1.82, 2.24) is 14.9 Å². The zero-order valence-electron chi connectivity index (χ0n) is 17.7. The number of aryl methyl sites for hydroxylation is 3. The quantitative estimate of drug-likeness (QED) is 0.497. The molecule has 0 radical (unpaired) electrons. The van der Waals surface area contributed by atoms with Gasteiger partial charge in [0.2, 0.25) is 5.91 Å². The number of unbranched alkanes of at least 4 members (excludes halogenated alkanes) is 1. The highest BCUT2D eigenvalue weighted by molar-refractivity contribution is 5.77. The molecule has 0 fully saturated rings. The number of aromatic nitrogens is 2. The van der Waals surface area contributed by atoms with E-state index in [2.05, 4.69) is 48.0 Å². The van der Waals surface area contributed by atoms with Crippen LogP contribution >= 0.6 is 0 Å². The molecule has 1 N–H and O–H groups in total. The van der Waals surface area contributed by atoms with Crippen molar-refractivity contribution in [3.05, 3.63) is 59.4 Å². The second-order valence-electron chi connectivity index (χ2n) is 7.47. The second-order valence-corrected chi connectivity index (χ2v) is 7.47. The lowest BCUT2D eigenvalue weighted by Crippen LogP contribution is -2.24. The Morgan fingerprint density at radius 2 is 1.83 bits per heavy atom. The van der Waals surface area contributed by atoms with Gasteiger partial charge in [-0.25, -0.2) is 4.98 Å². The van der Waals surface area contributed by atoms with Crippen molar-refractivity contribution in [2.75, 3.05) is 6.61 Å². The fourth-order valence-corrected chi connectivity index (χ4v) is 3.58. The van der Waals surface area contributed by atoms with Crippen LogP contribution in [0.4, 0.5) is 0 Å². The summed E-state index contributed by atoms with van der Waals surface area (Å²) in [6.07, 6.45) is 3.35. The van der Waals surface area contributed by atoms with Gasteiger partial charge in [0.1, 0.15) is 11.6 Å². The number of imidazole rings is 1. The van der Waals surface area contributed by atoms with Gasteiger partial charge in [-0.05, 0) is 56.4 Å².